The van der Waals surface area contributed by atoms with Crippen molar-refractivity contribution in [2.24, 2.45) is 0 Å². The van der Waals surface area contributed by atoms with Crippen LogP contribution in [-0.2, 0) is 6.54 Å². The third-order valence-electron chi connectivity index (χ3n) is 6.57. The number of alkyl halides is 3. The molecule has 3 heterocycles. The number of aromatic nitrogens is 2. The summed E-state index contributed by atoms with van der Waals surface area (Å²) >= 11 is 0. The predicted molar refractivity (Wildman–Crippen MR) is 135 cm³/mol. The van der Waals surface area contributed by atoms with E-state index in [9.17, 15) is 13.2 Å². The topological polar surface area (TPSA) is 59.1 Å². The van der Waals surface area contributed by atoms with Crippen molar-refractivity contribution < 1.29 is 13.2 Å². The molecule has 2 aromatic heterocycles. The van der Waals surface area contributed by atoms with E-state index in [0.717, 1.165) is 42.6 Å². The Bertz CT molecular complexity index is 1320. The average Bonchev–Trinajstić information content (AvgIpc) is 3.19. The third-order valence-corrected chi connectivity index (χ3v) is 6.57. The Morgan fingerprint density at radius 2 is 1.71 bits per heavy atom. The summed E-state index contributed by atoms with van der Waals surface area (Å²) in [4.78, 5) is 6.71. The summed E-state index contributed by atoms with van der Waals surface area (Å²) < 4.78 is 42.4. The summed E-state index contributed by atoms with van der Waals surface area (Å²) in [6.07, 6.45) is -2.40. The number of halogens is 3. The zero-order chi connectivity index (χ0) is 24.6. The normalized spacial score (nSPS) is 15.5. The van der Waals surface area contributed by atoms with Gasteiger partial charge < -0.3 is 20.5 Å². The van der Waals surface area contributed by atoms with Gasteiger partial charge in [-0.3, -0.25) is 0 Å². The Morgan fingerprint density at radius 1 is 0.971 bits per heavy atom. The van der Waals surface area contributed by atoms with E-state index >= 15 is 0 Å². The highest BCUT2D eigenvalue weighted by atomic mass is 19.4. The summed E-state index contributed by atoms with van der Waals surface area (Å²) in [5, 5.41) is 4.36. The zero-order valence-corrected chi connectivity index (χ0v) is 19.5. The lowest BCUT2D eigenvalue weighted by atomic mass is 10.0. The minimum atomic E-state index is -4.38. The minimum Gasteiger partial charge on any atom is -0.384 e. The van der Waals surface area contributed by atoms with Crippen molar-refractivity contribution in [3.63, 3.8) is 0 Å². The maximum atomic E-state index is 13.7. The van der Waals surface area contributed by atoms with Crippen molar-refractivity contribution in [1.29, 1.82) is 0 Å². The molecule has 0 spiro atoms. The highest BCUT2D eigenvalue weighted by Crippen LogP contribution is 2.37. The Kier molecular flexibility index (Phi) is 6.15. The van der Waals surface area contributed by atoms with Gasteiger partial charge in [0, 0.05) is 33.9 Å². The van der Waals surface area contributed by atoms with Gasteiger partial charge in [-0.25, -0.2) is 4.98 Å². The lowest BCUT2D eigenvalue weighted by Crippen LogP contribution is -2.36. The molecule has 5 nitrogen and oxygen atoms in total. The zero-order valence-electron chi connectivity index (χ0n) is 19.5. The number of hydrogen-bond acceptors (Lipinski definition) is 4. The van der Waals surface area contributed by atoms with Crippen LogP contribution in [0.2, 0.25) is 0 Å². The van der Waals surface area contributed by atoms with Crippen LogP contribution in [-0.4, -0.2) is 46.8 Å². The van der Waals surface area contributed by atoms with E-state index in [2.05, 4.69) is 22.2 Å². The molecule has 0 atom stereocenters. The molecule has 0 unspecified atom stereocenters. The molecule has 1 aliphatic heterocycles. The smallest absolute Gasteiger partial charge is 0.384 e. The molecule has 0 bridgehead atoms. The summed E-state index contributed by atoms with van der Waals surface area (Å²) in [5.74, 6) is 0.259. The highest BCUT2D eigenvalue weighted by molar-refractivity contribution is 5.97. The number of likely N-dealkylation sites (tertiary alicyclic amines) is 1. The van der Waals surface area contributed by atoms with E-state index in [1.807, 2.05) is 48.5 Å². The third kappa shape index (κ3) is 5.12. The van der Waals surface area contributed by atoms with Crippen molar-refractivity contribution in [3.8, 4) is 22.5 Å². The summed E-state index contributed by atoms with van der Waals surface area (Å²) in [6, 6.07) is 20.5. The number of fused-ring (bicyclic) bond motifs is 1. The Hall–Kier alpha value is -3.52. The molecule has 2 aromatic carbocycles. The van der Waals surface area contributed by atoms with Crippen LogP contribution in [0.15, 0.2) is 66.7 Å². The predicted octanol–water partition coefficient (Wildman–Crippen LogP) is 6.02. The number of nitrogens with one attached hydrogen (secondary N) is 1. The average molecular weight is 480 g/mol. The Morgan fingerprint density at radius 3 is 2.43 bits per heavy atom. The van der Waals surface area contributed by atoms with E-state index < -0.39 is 12.7 Å². The van der Waals surface area contributed by atoms with Crippen LogP contribution in [0.4, 0.5) is 24.7 Å². The Balaban J connectivity index is 1.62. The first-order valence-corrected chi connectivity index (χ1v) is 11.7. The molecule has 0 saturated carbocycles. The second-order valence-corrected chi connectivity index (χ2v) is 9.22. The number of nitrogens with zero attached hydrogens (tertiary/aromatic N) is 3. The van der Waals surface area contributed by atoms with Gasteiger partial charge in [-0.15, -0.1) is 0 Å². The quantitative estimate of drug-likeness (QED) is 0.368. The molecule has 4 aromatic rings. The van der Waals surface area contributed by atoms with E-state index in [1.165, 1.54) is 4.57 Å². The number of nitrogens with two attached hydrogens (primary N) is 1. The number of piperidine rings is 1. The maximum Gasteiger partial charge on any atom is 0.406 e. The van der Waals surface area contributed by atoms with Crippen LogP contribution < -0.4 is 11.1 Å². The van der Waals surface area contributed by atoms with Crippen LogP contribution in [0, 0.1) is 0 Å². The number of pyridine rings is 1. The first kappa shape index (κ1) is 23.2. The van der Waals surface area contributed by atoms with Gasteiger partial charge in [0.2, 0.25) is 0 Å². The molecule has 0 amide bonds. The molecular weight excluding hydrogens is 451 g/mol. The van der Waals surface area contributed by atoms with Crippen LogP contribution in [0.1, 0.15) is 12.8 Å². The first-order valence-electron chi connectivity index (χ1n) is 11.7. The molecule has 0 radical (unpaired) electrons. The highest BCUT2D eigenvalue weighted by Gasteiger charge is 2.30. The molecule has 35 heavy (non-hydrogen) atoms. The number of nitrogen functional groups attached to an aromatic ring is 1. The molecule has 5 rings (SSSR count). The second-order valence-electron chi connectivity index (χ2n) is 9.22. The van der Waals surface area contributed by atoms with E-state index in [0.29, 0.717) is 22.5 Å². The number of hydrogen-bond donors (Lipinski definition) is 2. The van der Waals surface area contributed by atoms with Gasteiger partial charge in [-0.1, -0.05) is 36.4 Å². The lowest BCUT2D eigenvalue weighted by molar-refractivity contribution is -0.139. The lowest BCUT2D eigenvalue weighted by Gasteiger charge is -2.30. The first-order chi connectivity index (χ1) is 16.8. The van der Waals surface area contributed by atoms with Gasteiger partial charge in [0.25, 0.3) is 0 Å². The fourth-order valence-corrected chi connectivity index (χ4v) is 4.83. The van der Waals surface area contributed by atoms with Gasteiger partial charge >= 0.3 is 6.18 Å². The number of benzene rings is 2. The number of anilines is 2. The Labute approximate surface area is 202 Å². The van der Waals surface area contributed by atoms with Gasteiger partial charge in [0.1, 0.15) is 12.4 Å². The van der Waals surface area contributed by atoms with Crippen LogP contribution in [0.3, 0.4) is 0 Å². The molecule has 1 fully saturated rings. The van der Waals surface area contributed by atoms with Crippen LogP contribution >= 0.6 is 0 Å². The fraction of sp³-hybridized carbons (Fsp3) is 0.296. The molecule has 1 saturated heterocycles. The van der Waals surface area contributed by atoms with Crippen molar-refractivity contribution in [2.75, 3.05) is 31.2 Å². The van der Waals surface area contributed by atoms with Crippen molar-refractivity contribution >= 4 is 22.4 Å². The minimum absolute atomic E-state index is 0.259. The molecule has 1 aliphatic rings. The van der Waals surface area contributed by atoms with Crippen LogP contribution in [0.5, 0.6) is 0 Å². The monoisotopic (exact) mass is 479 g/mol. The fourth-order valence-electron chi connectivity index (χ4n) is 4.83. The maximum absolute atomic E-state index is 13.7. The molecule has 3 N–H and O–H groups in total. The summed E-state index contributed by atoms with van der Waals surface area (Å²) in [6.45, 7) is 0.894. The largest absolute Gasteiger partial charge is 0.406 e. The van der Waals surface area contributed by atoms with E-state index in [-0.39, 0.29) is 11.9 Å². The van der Waals surface area contributed by atoms with Crippen molar-refractivity contribution in [3.05, 3.63) is 66.7 Å². The second kappa shape index (κ2) is 9.26. The van der Waals surface area contributed by atoms with Crippen molar-refractivity contribution in [2.45, 2.75) is 31.6 Å². The van der Waals surface area contributed by atoms with Crippen molar-refractivity contribution in [1.82, 2.24) is 14.5 Å². The summed E-state index contributed by atoms with van der Waals surface area (Å²) in [5.41, 5.74) is 10.0. The number of rotatable bonds is 5. The summed E-state index contributed by atoms with van der Waals surface area (Å²) in [7, 11) is 2.10. The van der Waals surface area contributed by atoms with E-state index in [1.54, 1.807) is 18.2 Å². The standard InChI is InChI=1S/C27H28F3N5/c1-34-12-10-20(11-13-34)32-22-8-5-9-24-21(22)16-25(35(24)17-27(28,29)30)19-14-23(33-26(31)15-19)18-6-3-2-4-7-18/h2-9,14-16,20,32H,10-13,17H2,1H3,(H2,31,33). The molecule has 8 heteroatoms. The molecule has 0 aliphatic carbocycles. The van der Waals surface area contributed by atoms with Crippen LogP contribution in [0.25, 0.3) is 33.4 Å². The molecular formula is C27H28F3N5. The molecule has 182 valence electrons. The SMILES string of the molecule is CN1CCC(Nc2cccc3c2cc(-c2cc(N)nc(-c4ccccc4)c2)n3CC(F)(F)F)CC1. The van der Waals surface area contributed by atoms with Gasteiger partial charge in [0.05, 0.1) is 11.2 Å². The van der Waals surface area contributed by atoms with Gasteiger partial charge in [0.15, 0.2) is 0 Å². The van der Waals surface area contributed by atoms with Gasteiger partial charge in [-0.2, -0.15) is 13.2 Å². The van der Waals surface area contributed by atoms with Gasteiger partial charge in [-0.05, 0) is 63.3 Å². The van der Waals surface area contributed by atoms with E-state index in [4.69, 9.17) is 5.73 Å².